The third-order valence-electron chi connectivity index (χ3n) is 18.8. The minimum absolute atomic E-state index is 0.225. The number of rotatable bonds is 59. The first-order valence-electron chi connectivity index (χ1n) is 38.0. The molecule has 3 rings (SSSR count). The van der Waals surface area contributed by atoms with E-state index in [4.69, 9.17) is 28.4 Å². The molecule has 1 amide bonds. The van der Waals surface area contributed by atoms with Gasteiger partial charge in [-0.3, -0.25) is 4.79 Å². The molecule has 3 heterocycles. The number of unbranched alkanes of at least 4 members (excludes halogenated alkanes) is 35. The summed E-state index contributed by atoms with van der Waals surface area (Å²) in [5.41, 5.74) is 0. The second-order valence-corrected chi connectivity index (χ2v) is 27.1. The molecule has 17 atom stereocenters. The lowest BCUT2D eigenvalue weighted by molar-refractivity contribution is -0.379. The Balaban J connectivity index is 1.41. The van der Waals surface area contributed by atoms with Crippen molar-refractivity contribution >= 4 is 5.91 Å². The average molecular weight is 1350 g/mol. The van der Waals surface area contributed by atoms with Gasteiger partial charge < -0.3 is 89.9 Å². The van der Waals surface area contributed by atoms with Crippen LogP contribution in [-0.2, 0) is 33.2 Å². The molecule has 0 aliphatic carbocycles. The molecular formula is C76H137NO18. The second kappa shape index (κ2) is 57.2. The lowest BCUT2D eigenvalue weighted by atomic mass is 9.96. The van der Waals surface area contributed by atoms with E-state index in [1.807, 2.05) is 6.08 Å². The fraction of sp³-hybridized carbons (Fsp3) is 0.855. The van der Waals surface area contributed by atoms with Gasteiger partial charge in [-0.2, -0.15) is 0 Å². The minimum atomic E-state index is -1.99. The lowest BCUT2D eigenvalue weighted by Crippen LogP contribution is -2.66. The maximum absolute atomic E-state index is 13.4. The molecule has 3 aliphatic rings. The van der Waals surface area contributed by atoms with E-state index in [9.17, 15) is 61.0 Å². The first-order valence-corrected chi connectivity index (χ1v) is 38.0. The van der Waals surface area contributed by atoms with Gasteiger partial charge in [-0.15, -0.1) is 0 Å². The molecule has 0 saturated carbocycles. The van der Waals surface area contributed by atoms with Gasteiger partial charge in [0.15, 0.2) is 18.9 Å². The number of ether oxygens (including phenoxy) is 6. The van der Waals surface area contributed by atoms with Crippen LogP contribution in [0.4, 0.5) is 0 Å². The van der Waals surface area contributed by atoms with E-state index < -0.39 is 124 Å². The Labute approximate surface area is 573 Å². The molecule has 0 aromatic rings. The quantitative estimate of drug-likeness (QED) is 0.0199. The summed E-state index contributed by atoms with van der Waals surface area (Å²) in [5.74, 6) is -0.293. The first-order chi connectivity index (χ1) is 46.3. The summed E-state index contributed by atoms with van der Waals surface area (Å²) in [6, 6.07) is -1.00. The van der Waals surface area contributed by atoms with Gasteiger partial charge >= 0.3 is 0 Å². The molecule has 3 fully saturated rings. The summed E-state index contributed by atoms with van der Waals surface area (Å²) in [7, 11) is 0. The smallest absolute Gasteiger partial charge is 0.220 e. The lowest BCUT2D eigenvalue weighted by Gasteiger charge is -2.48. The summed E-state index contributed by atoms with van der Waals surface area (Å²) in [4.78, 5) is 13.4. The van der Waals surface area contributed by atoms with Gasteiger partial charge in [0.25, 0.3) is 0 Å². The van der Waals surface area contributed by atoms with Crippen molar-refractivity contribution in [3.8, 4) is 0 Å². The summed E-state index contributed by atoms with van der Waals surface area (Å²) in [6.07, 6.45) is 45.0. The fourth-order valence-corrected chi connectivity index (χ4v) is 12.6. The van der Waals surface area contributed by atoms with Crippen LogP contribution in [0.3, 0.4) is 0 Å². The number of carbonyl (C=O) groups is 1. The van der Waals surface area contributed by atoms with Crippen molar-refractivity contribution in [2.45, 2.75) is 388 Å². The zero-order valence-electron chi connectivity index (χ0n) is 58.9. The van der Waals surface area contributed by atoms with E-state index >= 15 is 0 Å². The normalized spacial score (nSPS) is 27.5. The number of hydrogen-bond donors (Lipinski definition) is 12. The minimum Gasteiger partial charge on any atom is -0.394 e. The molecule has 0 aromatic heterocycles. The maximum Gasteiger partial charge on any atom is 0.220 e. The molecule has 19 heteroatoms. The van der Waals surface area contributed by atoms with Crippen molar-refractivity contribution in [2.24, 2.45) is 0 Å². The molecule has 17 unspecified atom stereocenters. The van der Waals surface area contributed by atoms with Crippen LogP contribution < -0.4 is 5.32 Å². The molecule has 0 aromatic carbocycles. The molecule has 19 nitrogen and oxygen atoms in total. The van der Waals surface area contributed by atoms with Crippen LogP contribution in [0, 0.1) is 0 Å². The highest BCUT2D eigenvalue weighted by molar-refractivity contribution is 5.76. The molecule has 3 aliphatic heterocycles. The maximum atomic E-state index is 13.4. The van der Waals surface area contributed by atoms with E-state index in [1.165, 1.54) is 186 Å². The number of allylic oxidation sites excluding steroid dienone is 9. The van der Waals surface area contributed by atoms with Crippen molar-refractivity contribution in [2.75, 3.05) is 26.4 Å². The van der Waals surface area contributed by atoms with Gasteiger partial charge in [-0.05, 0) is 77.0 Å². The van der Waals surface area contributed by atoms with Crippen LogP contribution in [0.5, 0.6) is 0 Å². The molecule has 12 N–H and O–H groups in total. The zero-order chi connectivity index (χ0) is 68.9. The number of hydrogen-bond acceptors (Lipinski definition) is 18. The molecule has 0 radical (unpaired) electrons. The predicted octanol–water partition coefficient (Wildman–Crippen LogP) is 11.5. The van der Waals surface area contributed by atoms with Crippen molar-refractivity contribution in [3.63, 3.8) is 0 Å². The van der Waals surface area contributed by atoms with Crippen LogP contribution >= 0.6 is 0 Å². The van der Waals surface area contributed by atoms with Crippen molar-refractivity contribution in [3.05, 3.63) is 60.8 Å². The van der Waals surface area contributed by atoms with Crippen LogP contribution in [0.15, 0.2) is 60.8 Å². The molecular weight excluding hydrogens is 1210 g/mol. The highest BCUT2D eigenvalue weighted by Crippen LogP contribution is 2.33. The molecule has 554 valence electrons. The monoisotopic (exact) mass is 1350 g/mol. The Bertz CT molecular complexity index is 1950. The van der Waals surface area contributed by atoms with E-state index in [-0.39, 0.29) is 18.9 Å². The van der Waals surface area contributed by atoms with E-state index in [0.717, 1.165) is 64.2 Å². The number of aliphatic hydroxyl groups excluding tert-OH is 11. The largest absolute Gasteiger partial charge is 0.394 e. The molecule has 0 bridgehead atoms. The van der Waals surface area contributed by atoms with Crippen LogP contribution in [-0.4, -0.2) is 193 Å². The van der Waals surface area contributed by atoms with E-state index in [2.05, 4.69) is 67.8 Å². The van der Waals surface area contributed by atoms with Gasteiger partial charge in [0, 0.05) is 6.42 Å². The Morgan fingerprint density at radius 1 is 0.379 bits per heavy atom. The third-order valence-corrected chi connectivity index (χ3v) is 18.8. The predicted molar refractivity (Wildman–Crippen MR) is 374 cm³/mol. The van der Waals surface area contributed by atoms with Crippen molar-refractivity contribution in [1.29, 1.82) is 0 Å². The Morgan fingerprint density at radius 2 is 0.705 bits per heavy atom. The second-order valence-electron chi connectivity index (χ2n) is 27.1. The van der Waals surface area contributed by atoms with Gasteiger partial charge in [-0.1, -0.05) is 261 Å². The van der Waals surface area contributed by atoms with E-state index in [0.29, 0.717) is 12.8 Å². The van der Waals surface area contributed by atoms with Crippen molar-refractivity contribution < 1.29 is 89.4 Å². The van der Waals surface area contributed by atoms with Gasteiger partial charge in [0.2, 0.25) is 5.91 Å². The van der Waals surface area contributed by atoms with Crippen LogP contribution in [0.2, 0.25) is 0 Å². The molecule has 3 saturated heterocycles. The molecule has 95 heavy (non-hydrogen) atoms. The van der Waals surface area contributed by atoms with Gasteiger partial charge in [0.05, 0.1) is 38.6 Å². The number of carbonyl (C=O) groups excluding carboxylic acids is 1. The molecule has 0 spiro atoms. The Kier molecular flexibility index (Phi) is 52.2. The first kappa shape index (κ1) is 86.7. The van der Waals surface area contributed by atoms with Crippen LogP contribution in [0.1, 0.15) is 284 Å². The SMILES string of the molecule is CCCCC/C=C\C/C=C\CCCCCCCCCCCC(=O)NC(COC1OC(CO)C(OC2OC(CO)C(OC3OC(CO)C(O)C(O)C3O)C(O)C2O)C(O)C1O)C(O)/C=C/CC/C=C/CC/C=C/CCCCCCCCCCCCCCCCCCCCCCC. The summed E-state index contributed by atoms with van der Waals surface area (Å²) < 4.78 is 34.4. The topological polar surface area (TPSA) is 307 Å². The standard InChI is InChI=1S/C76H137NO18/c1-3-5-7-9-11-13-15-17-19-21-23-24-25-26-27-28-29-30-31-32-33-34-36-37-39-41-43-45-47-49-51-53-60(81)59(77-64(82)54-52-50-48-46-44-42-40-38-35-22-20-18-16-14-12-10-8-6-4-2)58-90-74-70(88)67(85)72(62(56-79)92-74)95-76-71(89)68(86)73(63(57-80)93-76)94-75-69(87)66(84)65(83)61(55-78)91-75/h12,14,18,20,36-37,43,45,51,53,59-63,65-76,78-81,83-89H,3-11,13,15-17,19,21-35,38-42,44,46-50,52,54-58H2,1-2H3,(H,77,82)/b14-12-,20-18-,37-36+,45-43+,53-51+. The number of amides is 1. The van der Waals surface area contributed by atoms with Crippen LogP contribution in [0.25, 0.3) is 0 Å². The Morgan fingerprint density at radius 3 is 1.14 bits per heavy atom. The van der Waals surface area contributed by atoms with Crippen molar-refractivity contribution in [1.82, 2.24) is 5.32 Å². The average Bonchev–Trinajstić information content (AvgIpc) is 0.787. The highest BCUT2D eigenvalue weighted by Gasteiger charge is 2.53. The van der Waals surface area contributed by atoms with Gasteiger partial charge in [-0.25, -0.2) is 0 Å². The number of nitrogens with one attached hydrogen (secondary N) is 1. The summed E-state index contributed by atoms with van der Waals surface area (Å²) >= 11 is 0. The van der Waals surface area contributed by atoms with Gasteiger partial charge in [0.1, 0.15) is 73.2 Å². The zero-order valence-corrected chi connectivity index (χ0v) is 58.9. The Hall–Kier alpha value is -2.51. The summed E-state index contributed by atoms with van der Waals surface area (Å²) in [6.45, 7) is 1.70. The third kappa shape index (κ3) is 38.2. The fourth-order valence-electron chi connectivity index (χ4n) is 12.6. The van der Waals surface area contributed by atoms with E-state index in [1.54, 1.807) is 6.08 Å². The summed E-state index contributed by atoms with van der Waals surface area (Å²) in [5, 5.41) is 121. The highest BCUT2D eigenvalue weighted by atomic mass is 16.8. The number of aliphatic hydroxyl groups is 11.